The molecule has 0 amide bonds. The lowest BCUT2D eigenvalue weighted by Crippen LogP contribution is -2.01. The Morgan fingerprint density at radius 1 is 1.37 bits per heavy atom. The zero-order valence-corrected chi connectivity index (χ0v) is 11.4. The van der Waals surface area contributed by atoms with Crippen molar-refractivity contribution in [3.05, 3.63) is 41.2 Å². The monoisotopic (exact) mass is 261 g/mol. The van der Waals surface area contributed by atoms with Crippen LogP contribution in [0, 0.1) is 17.7 Å². The van der Waals surface area contributed by atoms with Crippen molar-refractivity contribution >= 4 is 11.8 Å². The fourth-order valence-electron chi connectivity index (χ4n) is 2.85. The first-order valence-electron chi connectivity index (χ1n) is 6.77. The number of hydrogen-bond acceptors (Lipinski definition) is 2. The maximum atomic E-state index is 13.0. The summed E-state index contributed by atoms with van der Waals surface area (Å²) in [6.45, 7) is 4.39. The zero-order valence-electron chi connectivity index (χ0n) is 11.4. The predicted octanol–water partition coefficient (Wildman–Crippen LogP) is 4.50. The zero-order chi connectivity index (χ0) is 13.8. The van der Waals surface area contributed by atoms with Gasteiger partial charge >= 0.3 is 0 Å². The second-order valence-corrected chi connectivity index (χ2v) is 5.53. The summed E-state index contributed by atoms with van der Waals surface area (Å²) in [5.74, 6) is 0.514. The van der Waals surface area contributed by atoms with Crippen molar-refractivity contribution in [3.63, 3.8) is 0 Å². The van der Waals surface area contributed by atoms with E-state index in [4.69, 9.17) is 5.21 Å². The minimum atomic E-state index is -0.222. The van der Waals surface area contributed by atoms with Gasteiger partial charge < -0.3 is 5.21 Å². The molecule has 0 aliphatic heterocycles. The fraction of sp³-hybridized carbons (Fsp3) is 0.438. The molecule has 1 atom stereocenters. The number of benzene rings is 1. The van der Waals surface area contributed by atoms with Crippen LogP contribution in [0.2, 0.25) is 0 Å². The highest BCUT2D eigenvalue weighted by Gasteiger charge is 2.25. The Morgan fingerprint density at radius 3 is 2.63 bits per heavy atom. The topological polar surface area (TPSA) is 32.6 Å². The van der Waals surface area contributed by atoms with Gasteiger partial charge in [-0.1, -0.05) is 31.6 Å². The molecule has 102 valence electrons. The SMILES string of the molecule is CC(C)CC1=C(c2ccc(F)cc2)C(C=NO)CC1. The normalized spacial score (nSPS) is 19.9. The van der Waals surface area contributed by atoms with E-state index in [1.807, 2.05) is 12.1 Å². The molecule has 0 saturated carbocycles. The van der Waals surface area contributed by atoms with Gasteiger partial charge in [0.05, 0.1) is 6.21 Å². The first-order valence-corrected chi connectivity index (χ1v) is 6.77. The largest absolute Gasteiger partial charge is 0.411 e. The van der Waals surface area contributed by atoms with Crippen molar-refractivity contribution in [2.75, 3.05) is 0 Å². The summed E-state index contributed by atoms with van der Waals surface area (Å²) in [6.07, 6.45) is 4.63. The van der Waals surface area contributed by atoms with Crippen LogP contribution < -0.4 is 0 Å². The molecule has 0 heterocycles. The lowest BCUT2D eigenvalue weighted by atomic mass is 9.92. The van der Waals surface area contributed by atoms with E-state index in [9.17, 15) is 4.39 Å². The van der Waals surface area contributed by atoms with Crippen LogP contribution in [-0.4, -0.2) is 11.4 Å². The van der Waals surface area contributed by atoms with Gasteiger partial charge in [0, 0.05) is 5.92 Å². The minimum Gasteiger partial charge on any atom is -0.411 e. The van der Waals surface area contributed by atoms with Crippen LogP contribution in [0.3, 0.4) is 0 Å². The first kappa shape index (κ1) is 13.8. The van der Waals surface area contributed by atoms with Gasteiger partial charge in [0.1, 0.15) is 5.82 Å². The summed E-state index contributed by atoms with van der Waals surface area (Å²) in [5.41, 5.74) is 3.66. The Kier molecular flexibility index (Phi) is 4.35. The number of allylic oxidation sites excluding steroid dienone is 2. The Labute approximate surface area is 113 Å². The molecule has 0 saturated heterocycles. The number of halogens is 1. The molecule has 2 rings (SSSR count). The molecule has 0 radical (unpaired) electrons. The summed E-state index contributed by atoms with van der Waals surface area (Å²) in [7, 11) is 0. The van der Waals surface area contributed by atoms with E-state index in [1.54, 1.807) is 6.21 Å². The van der Waals surface area contributed by atoms with Gasteiger partial charge in [-0.25, -0.2) is 4.39 Å². The highest BCUT2D eigenvalue weighted by molar-refractivity contribution is 5.86. The molecule has 1 unspecified atom stereocenters. The van der Waals surface area contributed by atoms with Crippen LogP contribution in [0.15, 0.2) is 35.0 Å². The molecule has 19 heavy (non-hydrogen) atoms. The Morgan fingerprint density at radius 2 is 2.05 bits per heavy atom. The molecule has 1 aliphatic rings. The third-order valence-corrected chi connectivity index (χ3v) is 3.57. The maximum Gasteiger partial charge on any atom is 0.123 e. The van der Waals surface area contributed by atoms with Gasteiger partial charge in [0.15, 0.2) is 0 Å². The molecule has 0 spiro atoms. The highest BCUT2D eigenvalue weighted by atomic mass is 19.1. The Hall–Kier alpha value is -1.64. The number of oxime groups is 1. The molecule has 1 N–H and O–H groups in total. The Balaban J connectivity index is 2.39. The highest BCUT2D eigenvalue weighted by Crippen LogP contribution is 2.40. The molecule has 0 bridgehead atoms. The van der Waals surface area contributed by atoms with Crippen LogP contribution in [0.4, 0.5) is 4.39 Å². The fourth-order valence-corrected chi connectivity index (χ4v) is 2.85. The van der Waals surface area contributed by atoms with Crippen molar-refractivity contribution in [1.82, 2.24) is 0 Å². The van der Waals surface area contributed by atoms with E-state index in [1.165, 1.54) is 23.3 Å². The average Bonchev–Trinajstić information content (AvgIpc) is 2.73. The van der Waals surface area contributed by atoms with Crippen LogP contribution in [0.5, 0.6) is 0 Å². The molecule has 0 aromatic heterocycles. The third kappa shape index (κ3) is 3.22. The lowest BCUT2D eigenvalue weighted by Gasteiger charge is -2.13. The summed E-state index contributed by atoms with van der Waals surface area (Å²) in [5, 5.41) is 12.0. The molecule has 2 nitrogen and oxygen atoms in total. The maximum absolute atomic E-state index is 13.0. The van der Waals surface area contributed by atoms with Crippen LogP contribution in [-0.2, 0) is 0 Å². The summed E-state index contributed by atoms with van der Waals surface area (Å²) in [4.78, 5) is 0. The summed E-state index contributed by atoms with van der Waals surface area (Å²) >= 11 is 0. The third-order valence-electron chi connectivity index (χ3n) is 3.57. The van der Waals surface area contributed by atoms with Gasteiger partial charge in [-0.05, 0) is 48.4 Å². The average molecular weight is 261 g/mol. The van der Waals surface area contributed by atoms with E-state index in [0.29, 0.717) is 5.92 Å². The number of rotatable bonds is 4. The molecule has 3 heteroatoms. The quantitative estimate of drug-likeness (QED) is 0.483. The summed E-state index contributed by atoms with van der Waals surface area (Å²) < 4.78 is 13.0. The molecule has 0 fully saturated rings. The van der Waals surface area contributed by atoms with Gasteiger partial charge in [0.2, 0.25) is 0 Å². The minimum absolute atomic E-state index is 0.143. The predicted molar refractivity (Wildman–Crippen MR) is 75.8 cm³/mol. The van der Waals surface area contributed by atoms with E-state index < -0.39 is 0 Å². The molecule has 1 aromatic carbocycles. The number of hydrogen-bond donors (Lipinski definition) is 1. The van der Waals surface area contributed by atoms with Crippen LogP contribution in [0.25, 0.3) is 5.57 Å². The van der Waals surface area contributed by atoms with Crippen LogP contribution in [0.1, 0.15) is 38.7 Å². The van der Waals surface area contributed by atoms with Crippen molar-refractivity contribution in [2.24, 2.45) is 17.0 Å². The second-order valence-electron chi connectivity index (χ2n) is 5.53. The van der Waals surface area contributed by atoms with Gasteiger partial charge in [0.25, 0.3) is 0 Å². The molecular weight excluding hydrogens is 241 g/mol. The van der Waals surface area contributed by atoms with Crippen molar-refractivity contribution < 1.29 is 9.60 Å². The first-order chi connectivity index (χ1) is 9.11. The van der Waals surface area contributed by atoms with E-state index in [0.717, 1.165) is 24.8 Å². The smallest absolute Gasteiger partial charge is 0.123 e. The lowest BCUT2D eigenvalue weighted by molar-refractivity contribution is 0.319. The van der Waals surface area contributed by atoms with Crippen molar-refractivity contribution in [1.29, 1.82) is 0 Å². The van der Waals surface area contributed by atoms with Crippen molar-refractivity contribution in [3.8, 4) is 0 Å². The van der Waals surface area contributed by atoms with Gasteiger partial charge in [-0.2, -0.15) is 0 Å². The second kappa shape index (κ2) is 6.00. The molecule has 1 aromatic rings. The van der Waals surface area contributed by atoms with Gasteiger partial charge in [-0.15, -0.1) is 5.16 Å². The molecule has 1 aliphatic carbocycles. The van der Waals surface area contributed by atoms with E-state index in [2.05, 4.69) is 19.0 Å². The Bertz CT molecular complexity index is 488. The molecular formula is C16H20FNO. The van der Waals surface area contributed by atoms with E-state index >= 15 is 0 Å². The number of nitrogens with zero attached hydrogens (tertiary/aromatic N) is 1. The van der Waals surface area contributed by atoms with Crippen LogP contribution >= 0.6 is 0 Å². The van der Waals surface area contributed by atoms with Gasteiger partial charge in [-0.3, -0.25) is 0 Å². The standard InChI is InChI=1S/C16H20FNO/c1-11(2)9-13-3-4-14(10-18-19)16(13)12-5-7-15(17)8-6-12/h5-8,10-11,14,19H,3-4,9H2,1-2H3. The summed E-state index contributed by atoms with van der Waals surface area (Å²) in [6, 6.07) is 6.60. The van der Waals surface area contributed by atoms with E-state index in [-0.39, 0.29) is 11.7 Å². The van der Waals surface area contributed by atoms with Crippen molar-refractivity contribution in [2.45, 2.75) is 33.1 Å².